The molecular formula is C15H20N2. The van der Waals surface area contributed by atoms with Crippen molar-refractivity contribution >= 4 is 16.6 Å². The van der Waals surface area contributed by atoms with Gasteiger partial charge in [-0.05, 0) is 24.3 Å². The maximum atomic E-state index is 4.47. The highest BCUT2D eigenvalue weighted by molar-refractivity contribution is 5.91. The summed E-state index contributed by atoms with van der Waals surface area (Å²) in [5.41, 5.74) is 0. The van der Waals surface area contributed by atoms with Gasteiger partial charge in [0.1, 0.15) is 5.82 Å². The second kappa shape index (κ2) is 5.67. The summed E-state index contributed by atoms with van der Waals surface area (Å²) in [7, 11) is 0. The van der Waals surface area contributed by atoms with Gasteiger partial charge >= 0.3 is 0 Å². The topological polar surface area (TPSA) is 24.9 Å². The molecule has 0 spiro atoms. The lowest BCUT2D eigenvalue weighted by atomic mass is 10.1. The molecule has 17 heavy (non-hydrogen) atoms. The standard InChI is InChI=1S/C15H20N2/c1-3-7-13(4-2)17-15-14-9-6-5-8-12(14)10-11-16-15/h5-6,8-11,13H,3-4,7H2,1-2H3,(H,16,17). The molecule has 1 N–H and O–H groups in total. The van der Waals surface area contributed by atoms with Crippen molar-refractivity contribution < 1.29 is 0 Å². The molecule has 1 atom stereocenters. The Morgan fingerprint density at radius 3 is 2.76 bits per heavy atom. The fourth-order valence-corrected chi connectivity index (χ4v) is 2.15. The summed E-state index contributed by atoms with van der Waals surface area (Å²) < 4.78 is 0. The van der Waals surface area contributed by atoms with E-state index in [-0.39, 0.29) is 0 Å². The van der Waals surface area contributed by atoms with Gasteiger partial charge in [-0.15, -0.1) is 0 Å². The van der Waals surface area contributed by atoms with Gasteiger partial charge in [0.15, 0.2) is 0 Å². The quantitative estimate of drug-likeness (QED) is 0.828. The Kier molecular flexibility index (Phi) is 3.97. The van der Waals surface area contributed by atoms with Gasteiger partial charge in [0, 0.05) is 17.6 Å². The molecule has 1 aromatic carbocycles. The fraction of sp³-hybridized carbons (Fsp3) is 0.400. The van der Waals surface area contributed by atoms with E-state index >= 15 is 0 Å². The van der Waals surface area contributed by atoms with Gasteiger partial charge < -0.3 is 5.32 Å². The van der Waals surface area contributed by atoms with E-state index < -0.39 is 0 Å². The van der Waals surface area contributed by atoms with Crippen molar-refractivity contribution in [2.75, 3.05) is 5.32 Å². The minimum absolute atomic E-state index is 0.526. The maximum Gasteiger partial charge on any atom is 0.134 e. The number of nitrogens with one attached hydrogen (secondary N) is 1. The van der Waals surface area contributed by atoms with E-state index in [9.17, 15) is 0 Å². The molecule has 0 saturated carbocycles. The number of benzene rings is 1. The van der Waals surface area contributed by atoms with Crippen molar-refractivity contribution in [1.82, 2.24) is 4.98 Å². The van der Waals surface area contributed by atoms with Crippen LogP contribution in [0.2, 0.25) is 0 Å². The van der Waals surface area contributed by atoms with Crippen LogP contribution >= 0.6 is 0 Å². The fourth-order valence-electron chi connectivity index (χ4n) is 2.15. The molecule has 1 aromatic heterocycles. The molecule has 2 heteroatoms. The lowest BCUT2D eigenvalue weighted by Gasteiger charge is -2.17. The zero-order valence-corrected chi connectivity index (χ0v) is 10.6. The zero-order chi connectivity index (χ0) is 12.1. The van der Waals surface area contributed by atoms with Crippen molar-refractivity contribution in [3.05, 3.63) is 36.5 Å². The van der Waals surface area contributed by atoms with Crippen molar-refractivity contribution in [3.8, 4) is 0 Å². The second-order valence-electron chi connectivity index (χ2n) is 4.42. The monoisotopic (exact) mass is 228 g/mol. The van der Waals surface area contributed by atoms with Gasteiger partial charge in [-0.3, -0.25) is 0 Å². The lowest BCUT2D eigenvalue weighted by molar-refractivity contribution is 0.621. The van der Waals surface area contributed by atoms with Crippen molar-refractivity contribution in [3.63, 3.8) is 0 Å². The molecule has 0 bridgehead atoms. The van der Waals surface area contributed by atoms with Gasteiger partial charge in [-0.1, -0.05) is 44.5 Å². The SMILES string of the molecule is CCCC(CC)Nc1nccc2ccccc12. The molecule has 0 aliphatic carbocycles. The third kappa shape index (κ3) is 2.76. The summed E-state index contributed by atoms with van der Waals surface area (Å²) in [6.45, 7) is 4.44. The summed E-state index contributed by atoms with van der Waals surface area (Å²) in [6, 6.07) is 11.0. The number of rotatable bonds is 5. The molecule has 90 valence electrons. The molecule has 2 aromatic rings. The molecular weight excluding hydrogens is 208 g/mol. The summed E-state index contributed by atoms with van der Waals surface area (Å²) >= 11 is 0. The average Bonchev–Trinajstić information content (AvgIpc) is 2.38. The van der Waals surface area contributed by atoms with Gasteiger partial charge in [0.05, 0.1) is 0 Å². The predicted molar refractivity (Wildman–Crippen MR) is 74.4 cm³/mol. The van der Waals surface area contributed by atoms with E-state index in [1.807, 2.05) is 6.20 Å². The first-order valence-corrected chi connectivity index (χ1v) is 6.45. The Morgan fingerprint density at radius 2 is 2.00 bits per heavy atom. The number of hydrogen-bond donors (Lipinski definition) is 1. The van der Waals surface area contributed by atoms with Crippen molar-refractivity contribution in [2.24, 2.45) is 0 Å². The van der Waals surface area contributed by atoms with Crippen LogP contribution in [0.3, 0.4) is 0 Å². The number of hydrogen-bond acceptors (Lipinski definition) is 2. The van der Waals surface area contributed by atoms with Crippen molar-refractivity contribution in [2.45, 2.75) is 39.2 Å². The van der Waals surface area contributed by atoms with E-state index in [1.165, 1.54) is 23.6 Å². The molecule has 1 heterocycles. The van der Waals surface area contributed by atoms with Crippen LogP contribution in [-0.4, -0.2) is 11.0 Å². The van der Waals surface area contributed by atoms with Crippen LogP contribution in [0, 0.1) is 0 Å². The van der Waals surface area contributed by atoms with E-state index in [0.717, 1.165) is 12.2 Å². The van der Waals surface area contributed by atoms with Gasteiger partial charge in [-0.25, -0.2) is 4.98 Å². The zero-order valence-electron chi connectivity index (χ0n) is 10.6. The number of aromatic nitrogens is 1. The van der Waals surface area contributed by atoms with Gasteiger partial charge in [0.2, 0.25) is 0 Å². The first-order chi connectivity index (χ1) is 8.35. The van der Waals surface area contributed by atoms with E-state index in [1.54, 1.807) is 0 Å². The largest absolute Gasteiger partial charge is 0.367 e. The van der Waals surface area contributed by atoms with Crippen LogP contribution in [0.15, 0.2) is 36.5 Å². The Labute approximate surface area is 103 Å². The highest BCUT2D eigenvalue weighted by Crippen LogP contribution is 2.22. The minimum Gasteiger partial charge on any atom is -0.367 e. The molecule has 2 rings (SSSR count). The Morgan fingerprint density at radius 1 is 1.18 bits per heavy atom. The van der Waals surface area contributed by atoms with Crippen LogP contribution in [-0.2, 0) is 0 Å². The lowest BCUT2D eigenvalue weighted by Crippen LogP contribution is -2.18. The van der Waals surface area contributed by atoms with Crippen LogP contribution in [0.1, 0.15) is 33.1 Å². The van der Waals surface area contributed by atoms with Gasteiger partial charge in [0.25, 0.3) is 0 Å². The number of nitrogens with zero attached hydrogens (tertiary/aromatic N) is 1. The first-order valence-electron chi connectivity index (χ1n) is 6.45. The summed E-state index contributed by atoms with van der Waals surface area (Å²) in [4.78, 5) is 4.47. The Bertz CT molecular complexity index is 474. The maximum absolute atomic E-state index is 4.47. The molecule has 0 radical (unpaired) electrons. The van der Waals surface area contributed by atoms with E-state index in [2.05, 4.69) is 54.5 Å². The average molecular weight is 228 g/mol. The molecule has 1 unspecified atom stereocenters. The highest BCUT2D eigenvalue weighted by Gasteiger charge is 2.07. The molecule has 0 aliphatic rings. The predicted octanol–water partition coefficient (Wildman–Crippen LogP) is 4.23. The van der Waals surface area contributed by atoms with E-state index in [4.69, 9.17) is 0 Å². The van der Waals surface area contributed by atoms with Crippen LogP contribution in [0.5, 0.6) is 0 Å². The first kappa shape index (κ1) is 11.9. The number of pyridine rings is 1. The Hall–Kier alpha value is -1.57. The second-order valence-corrected chi connectivity index (χ2v) is 4.42. The van der Waals surface area contributed by atoms with Crippen LogP contribution < -0.4 is 5.32 Å². The molecule has 2 nitrogen and oxygen atoms in total. The normalized spacial score (nSPS) is 12.6. The van der Waals surface area contributed by atoms with Crippen molar-refractivity contribution in [1.29, 1.82) is 0 Å². The number of anilines is 1. The minimum atomic E-state index is 0.526. The Balaban J connectivity index is 2.28. The molecule has 0 amide bonds. The smallest absolute Gasteiger partial charge is 0.134 e. The highest BCUT2D eigenvalue weighted by atomic mass is 15.0. The van der Waals surface area contributed by atoms with Gasteiger partial charge in [-0.2, -0.15) is 0 Å². The number of fused-ring (bicyclic) bond motifs is 1. The van der Waals surface area contributed by atoms with Crippen LogP contribution in [0.4, 0.5) is 5.82 Å². The summed E-state index contributed by atoms with van der Waals surface area (Å²) in [5, 5.41) is 6.02. The van der Waals surface area contributed by atoms with E-state index in [0.29, 0.717) is 6.04 Å². The molecule has 0 aliphatic heterocycles. The third-order valence-corrected chi connectivity index (χ3v) is 3.14. The summed E-state index contributed by atoms with van der Waals surface area (Å²) in [6.07, 6.45) is 5.42. The molecule has 0 fully saturated rings. The summed E-state index contributed by atoms with van der Waals surface area (Å²) in [5.74, 6) is 1.02. The van der Waals surface area contributed by atoms with Crippen LogP contribution in [0.25, 0.3) is 10.8 Å². The third-order valence-electron chi connectivity index (χ3n) is 3.14. The molecule has 0 saturated heterocycles.